The number of carbonyl (C=O) groups is 1. The number of nitrogens with zero attached hydrogens (tertiary/aromatic N) is 1. The van der Waals surface area contributed by atoms with Gasteiger partial charge in [-0.05, 0) is 26.0 Å². The molecule has 0 aromatic carbocycles. The van der Waals surface area contributed by atoms with E-state index in [1.807, 2.05) is 0 Å². The highest BCUT2D eigenvalue weighted by Crippen LogP contribution is 2.33. The predicted octanol–water partition coefficient (Wildman–Crippen LogP) is 2.24. The molecule has 0 amide bonds. The van der Waals surface area contributed by atoms with Gasteiger partial charge in [0.25, 0.3) is 0 Å². The molecule has 0 saturated carbocycles. The molecular weight excluding hydrogens is 220 g/mol. The van der Waals surface area contributed by atoms with Crippen LogP contribution in [-0.2, 0) is 0 Å². The minimum atomic E-state index is -1.06. The zero-order valence-electron chi connectivity index (χ0n) is 9.52. The molecule has 2 aromatic heterocycles. The van der Waals surface area contributed by atoms with E-state index in [-0.39, 0.29) is 5.56 Å². The van der Waals surface area contributed by atoms with Crippen molar-refractivity contribution >= 4 is 11.7 Å². The number of hydrogen-bond acceptors (Lipinski definition) is 4. The first kappa shape index (κ1) is 11.2. The van der Waals surface area contributed by atoms with E-state index < -0.39 is 5.97 Å². The van der Waals surface area contributed by atoms with Gasteiger partial charge in [-0.25, -0.2) is 4.79 Å². The SMILES string of the molecule is Cc1nc(C)c(C(=O)O)c(-c2ccco2)c1N. The summed E-state index contributed by atoms with van der Waals surface area (Å²) in [7, 11) is 0. The van der Waals surface area contributed by atoms with Gasteiger partial charge in [-0.15, -0.1) is 0 Å². The van der Waals surface area contributed by atoms with E-state index in [2.05, 4.69) is 4.98 Å². The smallest absolute Gasteiger partial charge is 0.338 e. The first-order valence-corrected chi connectivity index (χ1v) is 5.06. The Labute approximate surface area is 97.9 Å². The summed E-state index contributed by atoms with van der Waals surface area (Å²) in [6.07, 6.45) is 1.48. The number of aryl methyl sites for hydroxylation is 2. The van der Waals surface area contributed by atoms with Crippen LogP contribution < -0.4 is 5.73 Å². The molecule has 0 fully saturated rings. The Hall–Kier alpha value is -2.30. The Morgan fingerprint density at radius 3 is 2.65 bits per heavy atom. The summed E-state index contributed by atoms with van der Waals surface area (Å²) in [4.78, 5) is 15.4. The van der Waals surface area contributed by atoms with E-state index in [1.54, 1.807) is 26.0 Å². The van der Waals surface area contributed by atoms with Gasteiger partial charge < -0.3 is 15.3 Å². The normalized spacial score (nSPS) is 10.5. The Morgan fingerprint density at radius 2 is 2.12 bits per heavy atom. The molecule has 0 spiro atoms. The summed E-state index contributed by atoms with van der Waals surface area (Å²) >= 11 is 0. The van der Waals surface area contributed by atoms with Crippen molar-refractivity contribution in [2.45, 2.75) is 13.8 Å². The van der Waals surface area contributed by atoms with Gasteiger partial charge in [-0.2, -0.15) is 0 Å². The number of nitrogens with two attached hydrogens (primary N) is 1. The van der Waals surface area contributed by atoms with Crippen molar-refractivity contribution in [3.8, 4) is 11.3 Å². The van der Waals surface area contributed by atoms with Crippen LogP contribution in [0.5, 0.6) is 0 Å². The third-order valence-corrected chi connectivity index (χ3v) is 2.59. The first-order chi connectivity index (χ1) is 8.02. The predicted molar refractivity (Wildman–Crippen MR) is 62.8 cm³/mol. The van der Waals surface area contributed by atoms with Crippen LogP contribution in [0.2, 0.25) is 0 Å². The van der Waals surface area contributed by atoms with Crippen LogP contribution >= 0.6 is 0 Å². The molecule has 5 nitrogen and oxygen atoms in total. The van der Waals surface area contributed by atoms with Crippen LogP contribution in [0.15, 0.2) is 22.8 Å². The van der Waals surface area contributed by atoms with Crippen molar-refractivity contribution in [1.29, 1.82) is 0 Å². The molecule has 17 heavy (non-hydrogen) atoms. The minimum Gasteiger partial charge on any atom is -0.478 e. The number of pyridine rings is 1. The summed E-state index contributed by atoms with van der Waals surface area (Å²) in [6, 6.07) is 3.36. The quantitative estimate of drug-likeness (QED) is 0.828. The molecule has 0 aliphatic heterocycles. The van der Waals surface area contributed by atoms with Gasteiger partial charge in [0, 0.05) is 0 Å². The van der Waals surface area contributed by atoms with Crippen molar-refractivity contribution in [1.82, 2.24) is 4.98 Å². The third kappa shape index (κ3) is 1.75. The van der Waals surface area contributed by atoms with Crippen molar-refractivity contribution < 1.29 is 14.3 Å². The Kier molecular flexibility index (Phi) is 2.59. The summed E-state index contributed by atoms with van der Waals surface area (Å²) in [5, 5.41) is 9.22. The van der Waals surface area contributed by atoms with Gasteiger partial charge in [-0.3, -0.25) is 4.98 Å². The summed E-state index contributed by atoms with van der Waals surface area (Å²) < 4.78 is 5.23. The fraction of sp³-hybridized carbons (Fsp3) is 0.167. The second kappa shape index (κ2) is 3.93. The van der Waals surface area contributed by atoms with Crippen LogP contribution in [0.3, 0.4) is 0 Å². The molecule has 88 valence electrons. The van der Waals surface area contributed by atoms with Crippen molar-refractivity contribution in [2.75, 3.05) is 5.73 Å². The lowest BCUT2D eigenvalue weighted by molar-refractivity contribution is 0.0696. The van der Waals surface area contributed by atoms with Crippen LogP contribution in [0.25, 0.3) is 11.3 Å². The average Bonchev–Trinajstić information content (AvgIpc) is 2.75. The zero-order chi connectivity index (χ0) is 12.6. The first-order valence-electron chi connectivity index (χ1n) is 5.06. The molecule has 2 rings (SSSR count). The van der Waals surface area contributed by atoms with Crippen molar-refractivity contribution in [3.63, 3.8) is 0 Å². The van der Waals surface area contributed by atoms with Gasteiger partial charge in [0.1, 0.15) is 5.76 Å². The Morgan fingerprint density at radius 1 is 1.41 bits per heavy atom. The van der Waals surface area contributed by atoms with Gasteiger partial charge in [0.15, 0.2) is 0 Å². The van der Waals surface area contributed by atoms with Crippen molar-refractivity contribution in [3.05, 3.63) is 35.3 Å². The standard InChI is InChI=1S/C12H12N2O3/c1-6-9(12(15)16)10(8-4-3-5-17-8)11(13)7(2)14-6/h3-5H,13H2,1-2H3,(H,15,16). The maximum absolute atomic E-state index is 11.3. The van der Waals surface area contributed by atoms with Gasteiger partial charge in [0.05, 0.1) is 34.5 Å². The lowest BCUT2D eigenvalue weighted by Crippen LogP contribution is -2.09. The second-order valence-corrected chi connectivity index (χ2v) is 3.73. The highest BCUT2D eigenvalue weighted by atomic mass is 16.4. The van der Waals surface area contributed by atoms with E-state index in [0.29, 0.717) is 28.4 Å². The fourth-order valence-electron chi connectivity index (χ4n) is 1.80. The van der Waals surface area contributed by atoms with Crippen LogP contribution in [0.4, 0.5) is 5.69 Å². The van der Waals surface area contributed by atoms with Gasteiger partial charge in [-0.1, -0.05) is 0 Å². The Bertz CT molecular complexity index is 574. The van der Waals surface area contributed by atoms with Crippen molar-refractivity contribution in [2.24, 2.45) is 0 Å². The molecule has 0 unspecified atom stereocenters. The lowest BCUT2D eigenvalue weighted by atomic mass is 10.0. The molecule has 0 saturated heterocycles. The van der Waals surface area contributed by atoms with E-state index in [9.17, 15) is 9.90 Å². The monoisotopic (exact) mass is 232 g/mol. The van der Waals surface area contributed by atoms with Gasteiger partial charge >= 0.3 is 5.97 Å². The summed E-state index contributed by atoms with van der Waals surface area (Å²) in [6.45, 7) is 3.38. The van der Waals surface area contributed by atoms with E-state index >= 15 is 0 Å². The number of rotatable bonds is 2. The maximum atomic E-state index is 11.3. The molecule has 3 N–H and O–H groups in total. The number of hydrogen-bond donors (Lipinski definition) is 2. The topological polar surface area (TPSA) is 89.3 Å². The van der Waals surface area contributed by atoms with Crippen LogP contribution in [-0.4, -0.2) is 16.1 Å². The molecule has 5 heteroatoms. The maximum Gasteiger partial charge on any atom is 0.338 e. The number of carboxylic acid groups (broad SMARTS) is 1. The molecule has 0 atom stereocenters. The Balaban J connectivity index is 2.83. The zero-order valence-corrected chi connectivity index (χ0v) is 9.52. The molecule has 0 radical (unpaired) electrons. The molecule has 0 aliphatic rings. The summed E-state index contributed by atoms with van der Waals surface area (Å²) in [5.41, 5.74) is 7.74. The highest BCUT2D eigenvalue weighted by molar-refractivity contribution is 6.00. The second-order valence-electron chi connectivity index (χ2n) is 3.73. The molecule has 2 heterocycles. The number of carboxylic acids is 1. The summed E-state index contributed by atoms with van der Waals surface area (Å²) in [5.74, 6) is -0.624. The van der Waals surface area contributed by atoms with Crippen LogP contribution in [0, 0.1) is 13.8 Å². The fourth-order valence-corrected chi connectivity index (χ4v) is 1.80. The number of furan rings is 1. The minimum absolute atomic E-state index is 0.0862. The highest BCUT2D eigenvalue weighted by Gasteiger charge is 2.22. The number of anilines is 1. The number of aromatic carboxylic acids is 1. The number of nitrogen functional groups attached to an aromatic ring is 1. The van der Waals surface area contributed by atoms with E-state index in [4.69, 9.17) is 10.2 Å². The van der Waals surface area contributed by atoms with Gasteiger partial charge in [0.2, 0.25) is 0 Å². The lowest BCUT2D eigenvalue weighted by Gasteiger charge is -2.11. The third-order valence-electron chi connectivity index (χ3n) is 2.59. The molecular formula is C12H12N2O3. The number of aromatic nitrogens is 1. The van der Waals surface area contributed by atoms with E-state index in [1.165, 1.54) is 6.26 Å². The van der Waals surface area contributed by atoms with Crippen LogP contribution in [0.1, 0.15) is 21.7 Å². The molecule has 0 aliphatic carbocycles. The molecule has 0 bridgehead atoms. The average molecular weight is 232 g/mol. The largest absolute Gasteiger partial charge is 0.478 e. The molecule has 2 aromatic rings. The van der Waals surface area contributed by atoms with E-state index in [0.717, 1.165) is 0 Å².